The van der Waals surface area contributed by atoms with Crippen molar-refractivity contribution in [3.63, 3.8) is 0 Å². The fourth-order valence-electron chi connectivity index (χ4n) is 3.46. The Balaban J connectivity index is 1.92. The van der Waals surface area contributed by atoms with E-state index in [2.05, 4.69) is 9.88 Å². The number of sulfone groups is 1. The zero-order chi connectivity index (χ0) is 18.4. The van der Waals surface area contributed by atoms with Crippen LogP contribution in [0.3, 0.4) is 0 Å². The Kier molecular flexibility index (Phi) is 4.82. The Morgan fingerprint density at radius 2 is 1.96 bits per heavy atom. The van der Waals surface area contributed by atoms with Crippen LogP contribution in [0.2, 0.25) is 0 Å². The van der Waals surface area contributed by atoms with Crippen LogP contribution in [0.5, 0.6) is 0 Å². The summed E-state index contributed by atoms with van der Waals surface area (Å²) < 4.78 is 53.2. The second-order valence-electron chi connectivity index (χ2n) is 6.98. The Morgan fingerprint density at radius 1 is 1.28 bits per heavy atom. The lowest BCUT2D eigenvalue weighted by molar-refractivity contribution is 0.106. The van der Waals surface area contributed by atoms with Crippen LogP contribution in [0.25, 0.3) is 0 Å². The van der Waals surface area contributed by atoms with Gasteiger partial charge in [0.25, 0.3) is 10.0 Å². The Bertz CT molecular complexity index is 884. The average Bonchev–Trinajstić information content (AvgIpc) is 3.06. The Morgan fingerprint density at radius 3 is 2.56 bits per heavy atom. The fourth-order valence-corrected chi connectivity index (χ4v) is 7.18. The van der Waals surface area contributed by atoms with E-state index < -0.39 is 25.9 Å². The second kappa shape index (κ2) is 6.49. The quantitative estimate of drug-likeness (QED) is 0.667. The maximum absolute atomic E-state index is 13.0. The second-order valence-corrected chi connectivity index (χ2v) is 11.0. The van der Waals surface area contributed by atoms with E-state index >= 15 is 0 Å². The van der Waals surface area contributed by atoms with Gasteiger partial charge in [0.05, 0.1) is 23.9 Å². The molecule has 2 atom stereocenters. The number of imidazole rings is 1. The highest BCUT2D eigenvalue weighted by molar-refractivity contribution is 7.92. The van der Waals surface area contributed by atoms with Crippen LogP contribution in [0.1, 0.15) is 13.8 Å². The third-order valence-electron chi connectivity index (χ3n) is 4.73. The lowest BCUT2D eigenvalue weighted by atomic mass is 10.1. The lowest BCUT2D eigenvalue weighted by Gasteiger charge is -2.42. The van der Waals surface area contributed by atoms with Crippen molar-refractivity contribution in [3.05, 3.63) is 24.2 Å². The van der Waals surface area contributed by atoms with Crippen LogP contribution in [-0.2, 0) is 26.9 Å². The van der Waals surface area contributed by atoms with Gasteiger partial charge in [-0.2, -0.15) is 4.31 Å². The molecule has 0 radical (unpaired) electrons. The summed E-state index contributed by atoms with van der Waals surface area (Å²) in [4.78, 5) is 6.03. The van der Waals surface area contributed by atoms with Crippen LogP contribution in [0.15, 0.2) is 29.2 Å². The third-order valence-corrected chi connectivity index (χ3v) is 8.24. The van der Waals surface area contributed by atoms with Crippen molar-refractivity contribution in [1.29, 1.82) is 0 Å². The maximum atomic E-state index is 13.0. The largest absolute Gasteiger partial charge is 0.339 e. The van der Waals surface area contributed by atoms with E-state index in [9.17, 15) is 16.8 Å². The fraction of sp³-hybridized carbons (Fsp3) is 0.667. The molecule has 2 aliphatic rings. The first-order chi connectivity index (χ1) is 11.6. The normalized spacial score (nSPS) is 27.2. The molecule has 3 heterocycles. The molecule has 0 aliphatic carbocycles. The molecular formula is C15H24N4O4S2. The van der Waals surface area contributed by atoms with Gasteiger partial charge in [0.1, 0.15) is 0 Å². The number of nitrogens with zero attached hydrogens (tertiary/aromatic N) is 4. The van der Waals surface area contributed by atoms with Gasteiger partial charge >= 0.3 is 0 Å². The molecule has 0 spiro atoms. The minimum absolute atomic E-state index is 0.00249. The number of aryl methyl sites for hydroxylation is 1. The molecule has 3 rings (SSSR count). The Hall–Kier alpha value is -1.23. The zero-order valence-electron chi connectivity index (χ0n) is 14.7. The molecule has 2 saturated heterocycles. The first-order valence-electron chi connectivity index (χ1n) is 8.18. The summed E-state index contributed by atoms with van der Waals surface area (Å²) >= 11 is 0. The van der Waals surface area contributed by atoms with Crippen molar-refractivity contribution in [3.8, 4) is 0 Å². The zero-order valence-corrected chi connectivity index (χ0v) is 16.3. The van der Waals surface area contributed by atoms with Crippen molar-refractivity contribution >= 4 is 19.9 Å². The van der Waals surface area contributed by atoms with Crippen LogP contribution in [-0.4, -0.2) is 78.8 Å². The highest BCUT2D eigenvalue weighted by Gasteiger charge is 2.50. The Labute approximate surface area is 149 Å². The van der Waals surface area contributed by atoms with E-state index in [1.54, 1.807) is 11.6 Å². The lowest BCUT2D eigenvalue weighted by Crippen LogP contribution is -2.60. The monoisotopic (exact) mass is 388 g/mol. The first kappa shape index (κ1) is 18.6. The van der Waals surface area contributed by atoms with Crippen LogP contribution >= 0.6 is 0 Å². The van der Waals surface area contributed by atoms with Gasteiger partial charge in [-0.25, -0.2) is 21.8 Å². The minimum Gasteiger partial charge on any atom is -0.339 e. The summed E-state index contributed by atoms with van der Waals surface area (Å²) in [6.07, 6.45) is 4.93. The van der Waals surface area contributed by atoms with Gasteiger partial charge in [0.15, 0.2) is 14.9 Å². The summed E-state index contributed by atoms with van der Waals surface area (Å²) in [5.74, 6) is -0.127. The van der Waals surface area contributed by atoms with Gasteiger partial charge in [-0.1, -0.05) is 11.6 Å². The van der Waals surface area contributed by atoms with Gasteiger partial charge < -0.3 is 4.57 Å². The smallest absolute Gasteiger partial charge is 0.262 e. The molecule has 140 valence electrons. The molecule has 0 saturated carbocycles. The predicted octanol–water partition coefficient (Wildman–Crippen LogP) is -0.142. The van der Waals surface area contributed by atoms with Crippen molar-refractivity contribution in [2.24, 2.45) is 7.05 Å². The van der Waals surface area contributed by atoms with Crippen LogP contribution in [0.4, 0.5) is 0 Å². The molecule has 1 aromatic heterocycles. The van der Waals surface area contributed by atoms with E-state index in [4.69, 9.17) is 0 Å². The number of allylic oxidation sites excluding steroid dienone is 1. The molecule has 0 N–H and O–H groups in total. The molecular weight excluding hydrogens is 364 g/mol. The van der Waals surface area contributed by atoms with Gasteiger partial charge in [0.2, 0.25) is 0 Å². The topological polar surface area (TPSA) is 92.6 Å². The van der Waals surface area contributed by atoms with Crippen molar-refractivity contribution < 1.29 is 16.8 Å². The molecule has 2 aliphatic heterocycles. The first-order valence-corrected chi connectivity index (χ1v) is 11.4. The third kappa shape index (κ3) is 3.67. The molecule has 1 aromatic rings. The summed E-state index contributed by atoms with van der Waals surface area (Å²) in [7, 11) is -5.37. The van der Waals surface area contributed by atoms with Gasteiger partial charge in [-0.3, -0.25) is 4.90 Å². The molecule has 0 amide bonds. The molecule has 0 unspecified atom stereocenters. The minimum atomic E-state index is -3.81. The average molecular weight is 389 g/mol. The number of hydrogen-bond acceptors (Lipinski definition) is 6. The number of piperazine rings is 1. The molecule has 8 nitrogen and oxygen atoms in total. The van der Waals surface area contributed by atoms with Gasteiger partial charge in [-0.15, -0.1) is 0 Å². The SMILES string of the molecule is CC(C)=CCN1CCN(S(=O)(=O)c2cn(C)cn2)[C@H]2CS(=O)(=O)C[C@H]21. The number of sulfonamides is 1. The van der Waals surface area contributed by atoms with Crippen LogP contribution < -0.4 is 0 Å². The van der Waals surface area contributed by atoms with E-state index in [1.165, 1.54) is 16.8 Å². The van der Waals surface area contributed by atoms with Gasteiger partial charge in [-0.05, 0) is 13.8 Å². The standard InChI is InChI=1S/C15H24N4O4S2/c1-12(2)4-5-18-6-7-19(14-10-24(20,21)9-13(14)18)25(22,23)15-8-17(3)11-16-15/h4,8,11,13-14H,5-7,9-10H2,1-3H3/t13-,14+/m1/s1. The molecule has 0 aromatic carbocycles. The molecule has 25 heavy (non-hydrogen) atoms. The maximum Gasteiger partial charge on any atom is 0.262 e. The molecule has 2 fully saturated rings. The number of hydrogen-bond donors (Lipinski definition) is 0. The van der Waals surface area contributed by atoms with E-state index in [1.807, 2.05) is 19.9 Å². The number of rotatable bonds is 4. The van der Waals surface area contributed by atoms with Crippen molar-refractivity contribution in [1.82, 2.24) is 18.8 Å². The summed E-state index contributed by atoms with van der Waals surface area (Å²) in [5.41, 5.74) is 1.15. The van der Waals surface area contributed by atoms with Crippen molar-refractivity contribution in [2.45, 2.75) is 31.0 Å². The van der Waals surface area contributed by atoms with E-state index in [0.717, 1.165) is 5.57 Å². The summed E-state index contributed by atoms with van der Waals surface area (Å²) in [5, 5.41) is -0.0317. The summed E-state index contributed by atoms with van der Waals surface area (Å²) in [6.45, 7) is 5.39. The van der Waals surface area contributed by atoms with Crippen LogP contribution in [0, 0.1) is 0 Å². The van der Waals surface area contributed by atoms with E-state index in [0.29, 0.717) is 13.1 Å². The van der Waals surface area contributed by atoms with E-state index in [-0.39, 0.29) is 29.1 Å². The van der Waals surface area contributed by atoms with Crippen molar-refractivity contribution in [2.75, 3.05) is 31.1 Å². The highest BCUT2D eigenvalue weighted by atomic mass is 32.2. The number of fused-ring (bicyclic) bond motifs is 1. The predicted molar refractivity (Wildman–Crippen MR) is 94.3 cm³/mol. The highest BCUT2D eigenvalue weighted by Crippen LogP contribution is 2.30. The number of aromatic nitrogens is 2. The molecule has 10 heteroatoms. The summed E-state index contributed by atoms with van der Waals surface area (Å²) in [6, 6.07) is -0.871. The molecule has 0 bridgehead atoms. The van der Waals surface area contributed by atoms with Gasteiger partial charge in [0, 0.05) is 38.9 Å².